The van der Waals surface area contributed by atoms with Gasteiger partial charge in [-0.05, 0) is 64.2 Å². The van der Waals surface area contributed by atoms with E-state index < -0.39 is 23.9 Å². The van der Waals surface area contributed by atoms with Gasteiger partial charge in [-0.1, -0.05) is 109 Å². The molecule has 266 valence electrons. The Hall–Kier alpha value is -5.87. The number of carbonyl (C=O) groups excluding carboxylic acids is 1. The first-order chi connectivity index (χ1) is 25.2. The number of rotatable bonds is 14. The van der Waals surface area contributed by atoms with Gasteiger partial charge in [-0.3, -0.25) is 4.79 Å². The zero-order valence-corrected chi connectivity index (χ0v) is 28.1. The van der Waals surface area contributed by atoms with Crippen molar-refractivity contribution in [2.24, 2.45) is 4.99 Å². The number of hydrogen-bond donors (Lipinski definition) is 2. The second kappa shape index (κ2) is 16.4. The van der Waals surface area contributed by atoms with Crippen LogP contribution in [-0.4, -0.2) is 42.0 Å². The first-order valence-corrected chi connectivity index (χ1v) is 16.8. The van der Waals surface area contributed by atoms with Gasteiger partial charge in [0.15, 0.2) is 11.6 Å². The lowest BCUT2D eigenvalue weighted by Gasteiger charge is -2.30. The summed E-state index contributed by atoms with van der Waals surface area (Å²) >= 11 is 0. The molecule has 5 aromatic carbocycles. The number of nitrogens with zero attached hydrogens (tertiary/aromatic N) is 1. The van der Waals surface area contributed by atoms with Crippen LogP contribution < -0.4 is 14.8 Å². The first kappa shape index (κ1) is 35.9. The lowest BCUT2D eigenvalue weighted by atomic mass is 9.83. The normalized spacial score (nSPS) is 17.0. The fourth-order valence-electron chi connectivity index (χ4n) is 5.88. The summed E-state index contributed by atoms with van der Waals surface area (Å²) in [6.45, 7) is 0.417. The van der Waals surface area contributed by atoms with Crippen molar-refractivity contribution >= 4 is 17.9 Å². The van der Waals surface area contributed by atoms with Crippen molar-refractivity contribution < 1.29 is 37.3 Å². The quantitative estimate of drug-likeness (QED) is 0.113. The zero-order chi connectivity index (χ0) is 36.4. The van der Waals surface area contributed by atoms with E-state index in [9.17, 15) is 18.0 Å². The third kappa shape index (κ3) is 9.07. The van der Waals surface area contributed by atoms with E-state index in [0.29, 0.717) is 29.9 Å². The second-order valence-corrected chi connectivity index (χ2v) is 12.2. The van der Waals surface area contributed by atoms with Crippen LogP contribution in [0, 0.1) is 0 Å². The summed E-state index contributed by atoms with van der Waals surface area (Å²) in [5.74, 6) is 0.116. The fraction of sp³-hybridized carbons (Fsp3) is 0.190. The van der Waals surface area contributed by atoms with Gasteiger partial charge in [0.05, 0.1) is 6.61 Å². The molecule has 10 heteroatoms. The van der Waals surface area contributed by atoms with Gasteiger partial charge in [0.1, 0.15) is 11.5 Å². The van der Waals surface area contributed by atoms with Crippen molar-refractivity contribution in [3.05, 3.63) is 162 Å². The van der Waals surface area contributed by atoms with Crippen molar-refractivity contribution in [1.82, 2.24) is 5.32 Å². The molecule has 5 aromatic rings. The highest BCUT2D eigenvalue weighted by atomic mass is 19.4. The number of benzene rings is 5. The molecule has 7 nitrogen and oxygen atoms in total. The van der Waals surface area contributed by atoms with Gasteiger partial charge in [-0.2, -0.15) is 0 Å². The van der Waals surface area contributed by atoms with Crippen molar-refractivity contribution in [3.63, 3.8) is 0 Å². The van der Waals surface area contributed by atoms with E-state index in [1.165, 1.54) is 24.3 Å². The number of nitrogens with one attached hydrogen (secondary N) is 1. The molecular formula is C42H37F3N2O5. The summed E-state index contributed by atoms with van der Waals surface area (Å²) in [6, 6.07) is 40.0. The molecule has 0 saturated heterocycles. The number of hydrogen-bond acceptors (Lipinski definition) is 6. The Balaban J connectivity index is 1.35. The van der Waals surface area contributed by atoms with Crippen LogP contribution in [0.25, 0.3) is 17.2 Å². The molecule has 0 aromatic heterocycles. The maximum absolute atomic E-state index is 14.5. The van der Waals surface area contributed by atoms with Crippen molar-refractivity contribution in [2.75, 3.05) is 13.2 Å². The molecule has 0 fully saturated rings. The number of aliphatic hydroxyl groups is 1. The Labute approximate surface area is 300 Å². The lowest BCUT2D eigenvalue weighted by Crippen LogP contribution is -2.47. The predicted octanol–water partition coefficient (Wildman–Crippen LogP) is 8.69. The first-order valence-electron chi connectivity index (χ1n) is 16.8. The molecule has 0 bridgehead atoms. The maximum Gasteiger partial charge on any atom is 0.573 e. The van der Waals surface area contributed by atoms with Gasteiger partial charge < -0.3 is 24.6 Å². The van der Waals surface area contributed by atoms with E-state index >= 15 is 0 Å². The molecule has 2 N–H and O–H groups in total. The maximum atomic E-state index is 14.5. The zero-order valence-electron chi connectivity index (χ0n) is 28.1. The molecule has 0 unspecified atom stereocenters. The monoisotopic (exact) mass is 706 g/mol. The summed E-state index contributed by atoms with van der Waals surface area (Å²) in [6.07, 6.45) is -1.15. The number of alkyl halides is 3. The summed E-state index contributed by atoms with van der Waals surface area (Å²) in [4.78, 5) is 19.6. The SMILES string of the molecule is O=C(NCc1ccc(OC(F)(F)F)cc1)[C@]1(C/C=C/c2ccccc2)N=C(c2ccc(OCCCO)cc2)O[C@@H]1c1ccc(-c2ccccc2)cc1. The Morgan fingerprint density at radius 2 is 1.42 bits per heavy atom. The van der Waals surface area contributed by atoms with Crippen LogP contribution in [0.2, 0.25) is 0 Å². The minimum absolute atomic E-state index is 0.0249. The third-order valence-corrected chi connectivity index (χ3v) is 8.50. The average molecular weight is 707 g/mol. The summed E-state index contributed by atoms with van der Waals surface area (Å²) in [7, 11) is 0. The van der Waals surface area contributed by atoms with Crippen molar-refractivity contribution in [1.29, 1.82) is 0 Å². The van der Waals surface area contributed by atoms with Crippen molar-refractivity contribution in [2.45, 2.75) is 37.4 Å². The minimum Gasteiger partial charge on any atom is -0.494 e. The molecule has 1 heterocycles. The Kier molecular flexibility index (Phi) is 11.4. The summed E-state index contributed by atoms with van der Waals surface area (Å²) < 4.78 is 54.5. The number of aliphatic hydroxyl groups excluding tert-OH is 1. The Morgan fingerprint density at radius 1 is 0.808 bits per heavy atom. The standard InChI is InChI=1S/C42H37F3N2O5/c43-42(44,45)52-37-22-14-31(15-23-37)29-46-40(49)41(26-7-11-30-9-3-1-4-10-30)38(34-18-16-33(17-19-34)32-12-5-2-6-13-32)51-39(47-41)35-20-24-36(25-21-35)50-28-8-27-48/h1-7,9-25,38,48H,8,26-29H2,(H,46,49)/b11-7+/t38-,41-/m1/s1. The van der Waals surface area contributed by atoms with Gasteiger partial charge in [-0.15, -0.1) is 13.2 Å². The number of aliphatic imine (C=N–C) groups is 1. The molecule has 2 atom stereocenters. The van der Waals surface area contributed by atoms with Crippen LogP contribution in [0.4, 0.5) is 13.2 Å². The van der Waals surface area contributed by atoms with Gasteiger partial charge in [0.2, 0.25) is 5.90 Å². The average Bonchev–Trinajstić information content (AvgIpc) is 3.56. The highest BCUT2D eigenvalue weighted by Crippen LogP contribution is 2.43. The highest BCUT2D eigenvalue weighted by molar-refractivity contribution is 6.01. The number of ether oxygens (including phenoxy) is 3. The molecule has 0 aliphatic carbocycles. The van der Waals surface area contributed by atoms with Gasteiger partial charge in [-0.25, -0.2) is 4.99 Å². The van der Waals surface area contributed by atoms with E-state index in [1.807, 2.05) is 97.1 Å². The topological polar surface area (TPSA) is 89.4 Å². The van der Waals surface area contributed by atoms with E-state index in [0.717, 1.165) is 22.3 Å². The molecule has 0 spiro atoms. The molecule has 6 rings (SSSR count). The predicted molar refractivity (Wildman–Crippen MR) is 194 cm³/mol. The van der Waals surface area contributed by atoms with Crippen LogP contribution >= 0.6 is 0 Å². The molecule has 1 aliphatic heterocycles. The second-order valence-electron chi connectivity index (χ2n) is 12.2. The van der Waals surface area contributed by atoms with E-state index in [-0.39, 0.29) is 31.2 Å². The van der Waals surface area contributed by atoms with E-state index in [1.54, 1.807) is 24.3 Å². The molecule has 1 amide bonds. The number of halogens is 3. The van der Waals surface area contributed by atoms with Gasteiger partial charge in [0, 0.05) is 31.6 Å². The number of amides is 1. The van der Waals surface area contributed by atoms with Crippen LogP contribution in [-0.2, 0) is 16.1 Å². The number of carbonyl (C=O) groups is 1. The molecule has 0 radical (unpaired) electrons. The van der Waals surface area contributed by atoms with Gasteiger partial charge in [0.25, 0.3) is 5.91 Å². The lowest BCUT2D eigenvalue weighted by molar-refractivity contribution is -0.274. The Morgan fingerprint density at radius 3 is 2.08 bits per heavy atom. The molecule has 0 saturated carbocycles. The van der Waals surface area contributed by atoms with E-state index in [4.69, 9.17) is 19.6 Å². The van der Waals surface area contributed by atoms with Crippen LogP contribution in [0.5, 0.6) is 11.5 Å². The molecule has 52 heavy (non-hydrogen) atoms. The van der Waals surface area contributed by atoms with Crippen LogP contribution in [0.15, 0.2) is 145 Å². The van der Waals surface area contributed by atoms with Gasteiger partial charge >= 0.3 is 6.36 Å². The summed E-state index contributed by atoms with van der Waals surface area (Å²) in [5, 5.41) is 12.1. The highest BCUT2D eigenvalue weighted by Gasteiger charge is 2.52. The van der Waals surface area contributed by atoms with Crippen molar-refractivity contribution in [3.8, 4) is 22.6 Å². The van der Waals surface area contributed by atoms with Crippen LogP contribution in [0.1, 0.15) is 41.2 Å². The van der Waals surface area contributed by atoms with Crippen LogP contribution in [0.3, 0.4) is 0 Å². The largest absolute Gasteiger partial charge is 0.573 e. The summed E-state index contributed by atoms with van der Waals surface area (Å²) in [5.41, 5.74) is 3.47. The smallest absolute Gasteiger partial charge is 0.494 e. The fourth-order valence-corrected chi connectivity index (χ4v) is 5.88. The Bertz CT molecular complexity index is 1970. The molecular weight excluding hydrogens is 669 g/mol. The van der Waals surface area contributed by atoms with E-state index in [2.05, 4.69) is 10.1 Å². The minimum atomic E-state index is -4.81. The molecule has 1 aliphatic rings. The third-order valence-electron chi connectivity index (χ3n) is 8.50.